The van der Waals surface area contributed by atoms with Crippen molar-refractivity contribution < 1.29 is 18.4 Å². The number of rotatable bonds is 3. The van der Waals surface area contributed by atoms with Crippen LogP contribution in [-0.4, -0.2) is 22.1 Å². The number of hydrogen-bond acceptors (Lipinski definition) is 3. The minimum atomic E-state index is -0.497. The van der Waals surface area contributed by atoms with Crippen LogP contribution in [0.4, 0.5) is 8.78 Å². The predicted octanol–water partition coefficient (Wildman–Crippen LogP) is 4.65. The minimum Gasteiger partial charge on any atom is -0.344 e. The summed E-state index contributed by atoms with van der Waals surface area (Å²) in [6.45, 7) is 0.374. The summed E-state index contributed by atoms with van der Waals surface area (Å²) in [6.07, 6.45) is 3.82. The largest absolute Gasteiger partial charge is 0.344 e. The van der Waals surface area contributed by atoms with Crippen molar-refractivity contribution >= 4 is 16.8 Å². The highest BCUT2D eigenvalue weighted by Crippen LogP contribution is 2.43. The number of aromatic nitrogens is 1. The Labute approximate surface area is 172 Å². The average Bonchev–Trinajstić information content (AvgIpc) is 3.33. The molecule has 2 heterocycles. The molecule has 30 heavy (non-hydrogen) atoms. The van der Waals surface area contributed by atoms with E-state index in [4.69, 9.17) is 10.1 Å². The maximum absolute atomic E-state index is 13.9. The highest BCUT2D eigenvalue weighted by Gasteiger charge is 2.42. The summed E-state index contributed by atoms with van der Waals surface area (Å²) in [7, 11) is 0. The van der Waals surface area contributed by atoms with E-state index >= 15 is 0 Å². The van der Waals surface area contributed by atoms with E-state index in [0.717, 1.165) is 10.9 Å². The molecule has 5 rings (SSSR count). The second kappa shape index (κ2) is 7.22. The molecule has 1 aliphatic heterocycles. The molecule has 2 fully saturated rings. The molecule has 0 N–H and O–H groups in total. The average molecular weight is 407 g/mol. The molecule has 1 saturated carbocycles. The molecule has 1 aromatic heterocycles. The van der Waals surface area contributed by atoms with Gasteiger partial charge in [-0.3, -0.25) is 9.63 Å². The topological polar surface area (TPSA) is 58.3 Å². The second-order valence-electron chi connectivity index (χ2n) is 7.94. The van der Waals surface area contributed by atoms with Crippen molar-refractivity contribution in [3.8, 4) is 6.07 Å². The summed E-state index contributed by atoms with van der Waals surface area (Å²) in [5, 5.41) is 11.3. The van der Waals surface area contributed by atoms with Crippen LogP contribution < -0.4 is 0 Å². The number of hydrogen-bond donors (Lipinski definition) is 0. The van der Waals surface area contributed by atoms with Gasteiger partial charge in [-0.15, -0.1) is 0 Å². The van der Waals surface area contributed by atoms with Gasteiger partial charge in [-0.05, 0) is 60.9 Å². The summed E-state index contributed by atoms with van der Waals surface area (Å²) >= 11 is 0. The Morgan fingerprint density at radius 1 is 1.10 bits per heavy atom. The smallest absolute Gasteiger partial charge is 0.249 e. The van der Waals surface area contributed by atoms with Crippen LogP contribution in [-0.2, 0) is 9.63 Å². The first-order chi connectivity index (χ1) is 14.5. The molecule has 152 valence electrons. The van der Waals surface area contributed by atoms with Crippen molar-refractivity contribution in [1.82, 2.24) is 9.63 Å². The van der Waals surface area contributed by atoms with Gasteiger partial charge in [0.25, 0.3) is 0 Å². The molecule has 0 unspecified atom stereocenters. The monoisotopic (exact) mass is 407 g/mol. The Hall–Kier alpha value is -3.24. The van der Waals surface area contributed by atoms with Crippen LogP contribution in [0.15, 0.2) is 48.7 Å². The lowest BCUT2D eigenvalue weighted by Gasteiger charge is -2.38. The van der Waals surface area contributed by atoms with E-state index in [0.29, 0.717) is 31.4 Å². The minimum absolute atomic E-state index is 0.112. The molecule has 1 aliphatic carbocycles. The van der Waals surface area contributed by atoms with Crippen molar-refractivity contribution in [3.05, 3.63) is 71.4 Å². The first-order valence-electron chi connectivity index (χ1n) is 9.96. The molecule has 0 bridgehead atoms. The van der Waals surface area contributed by atoms with Gasteiger partial charge in [-0.2, -0.15) is 5.26 Å². The molecular weight excluding hydrogens is 388 g/mol. The molecule has 2 aromatic carbocycles. The van der Waals surface area contributed by atoms with Crippen molar-refractivity contribution in [2.75, 3.05) is 6.61 Å². The lowest BCUT2D eigenvalue weighted by Crippen LogP contribution is -2.41. The van der Waals surface area contributed by atoms with Crippen molar-refractivity contribution in [1.29, 1.82) is 5.26 Å². The highest BCUT2D eigenvalue weighted by atomic mass is 19.1. The zero-order valence-electron chi connectivity index (χ0n) is 16.1. The van der Waals surface area contributed by atoms with Crippen LogP contribution in [0.5, 0.6) is 0 Å². The molecule has 1 amide bonds. The number of nitriles is 1. The molecular formula is C23H19F2N3O2. The zero-order chi connectivity index (χ0) is 20.8. The number of fused-ring (bicyclic) bond motifs is 1. The molecule has 1 saturated heterocycles. The number of hydroxylamine groups is 2. The van der Waals surface area contributed by atoms with Gasteiger partial charge in [0.1, 0.15) is 11.6 Å². The van der Waals surface area contributed by atoms with E-state index < -0.39 is 11.9 Å². The number of carbonyl (C=O) groups is 1. The maximum Gasteiger partial charge on any atom is 0.249 e. The third kappa shape index (κ3) is 3.14. The fourth-order valence-corrected chi connectivity index (χ4v) is 4.51. The fraction of sp³-hybridized carbons (Fsp3) is 0.304. The van der Waals surface area contributed by atoms with Crippen molar-refractivity contribution in [3.63, 3.8) is 0 Å². The van der Waals surface area contributed by atoms with Gasteiger partial charge in [0.2, 0.25) is 5.91 Å². The summed E-state index contributed by atoms with van der Waals surface area (Å²) in [5.41, 5.74) is 1.75. The third-order valence-electron chi connectivity index (χ3n) is 6.09. The van der Waals surface area contributed by atoms with E-state index in [2.05, 4.69) is 4.57 Å². The van der Waals surface area contributed by atoms with Crippen molar-refractivity contribution in [2.45, 2.75) is 31.3 Å². The number of halogens is 2. The predicted molar refractivity (Wildman–Crippen MR) is 105 cm³/mol. The van der Waals surface area contributed by atoms with Gasteiger partial charge < -0.3 is 4.57 Å². The Morgan fingerprint density at radius 3 is 2.73 bits per heavy atom. The lowest BCUT2D eigenvalue weighted by molar-refractivity contribution is -0.185. The van der Waals surface area contributed by atoms with Crippen LogP contribution in [0.25, 0.3) is 10.9 Å². The molecule has 1 atom stereocenters. The normalized spacial score (nSPS) is 23.4. The Morgan fingerprint density at radius 2 is 1.93 bits per heavy atom. The Bertz CT molecular complexity index is 1180. The molecule has 3 aromatic rings. The Kier molecular flexibility index (Phi) is 4.52. The van der Waals surface area contributed by atoms with E-state index in [9.17, 15) is 13.6 Å². The van der Waals surface area contributed by atoms with Crippen LogP contribution in [0.3, 0.4) is 0 Å². The molecule has 5 nitrogen and oxygen atoms in total. The highest BCUT2D eigenvalue weighted by molar-refractivity contribution is 5.82. The molecule has 0 spiro atoms. The van der Waals surface area contributed by atoms with E-state index in [1.54, 1.807) is 12.1 Å². The number of nitrogens with zero attached hydrogens (tertiary/aromatic N) is 3. The van der Waals surface area contributed by atoms with Crippen LogP contribution in [0, 0.1) is 28.9 Å². The fourth-order valence-electron chi connectivity index (χ4n) is 4.51. The first kappa shape index (κ1) is 18.8. The van der Waals surface area contributed by atoms with Gasteiger partial charge in [-0.25, -0.2) is 13.8 Å². The summed E-state index contributed by atoms with van der Waals surface area (Å²) < 4.78 is 29.4. The maximum atomic E-state index is 13.9. The van der Waals surface area contributed by atoms with E-state index in [1.165, 1.54) is 29.3 Å². The summed E-state index contributed by atoms with van der Waals surface area (Å²) in [6, 6.07) is 12.5. The number of amides is 1. The van der Waals surface area contributed by atoms with E-state index in [-0.39, 0.29) is 29.2 Å². The number of benzene rings is 2. The van der Waals surface area contributed by atoms with Gasteiger partial charge in [0, 0.05) is 35.5 Å². The zero-order valence-corrected chi connectivity index (χ0v) is 16.1. The van der Waals surface area contributed by atoms with Gasteiger partial charge in [0.15, 0.2) is 0 Å². The Balaban J connectivity index is 1.31. The standard InChI is InChI=1S/C23H19F2N3O2/c24-18-1-2-21-15(9-18)3-5-27(21)20-11-17(12-20)23(29)28-22(4-6-30-28)16-7-14(13-26)8-19(25)10-16/h1-3,5,7-10,17,20,22H,4,6,11-12H2/t17-,20-,22-/m0/s1. The van der Waals surface area contributed by atoms with Gasteiger partial charge in [-0.1, -0.05) is 0 Å². The van der Waals surface area contributed by atoms with Crippen LogP contribution in [0.1, 0.15) is 42.5 Å². The van der Waals surface area contributed by atoms with E-state index in [1.807, 2.05) is 18.3 Å². The van der Waals surface area contributed by atoms with Crippen LogP contribution in [0.2, 0.25) is 0 Å². The van der Waals surface area contributed by atoms with Gasteiger partial charge in [0.05, 0.1) is 24.3 Å². The first-order valence-corrected chi connectivity index (χ1v) is 9.96. The molecule has 2 aliphatic rings. The van der Waals surface area contributed by atoms with Gasteiger partial charge >= 0.3 is 0 Å². The van der Waals surface area contributed by atoms with Crippen molar-refractivity contribution in [2.24, 2.45) is 5.92 Å². The third-order valence-corrected chi connectivity index (χ3v) is 6.09. The lowest BCUT2D eigenvalue weighted by atomic mass is 9.79. The summed E-state index contributed by atoms with van der Waals surface area (Å²) in [5.74, 6) is -1.06. The SMILES string of the molecule is N#Cc1cc(F)cc([C@@H]2CCON2C(=O)[C@H]2C[C@H](n3ccc4cc(F)ccc43)C2)c1. The molecule has 0 radical (unpaired) electrons. The van der Waals surface area contributed by atoms with Crippen LogP contribution >= 0.6 is 0 Å². The summed E-state index contributed by atoms with van der Waals surface area (Å²) in [4.78, 5) is 18.6. The quantitative estimate of drug-likeness (QED) is 0.635. The number of carbonyl (C=O) groups excluding carboxylic acids is 1. The second-order valence-corrected chi connectivity index (χ2v) is 7.94. The molecule has 7 heteroatoms.